The summed E-state index contributed by atoms with van der Waals surface area (Å²) in [6.45, 7) is 4.54. The summed E-state index contributed by atoms with van der Waals surface area (Å²) in [5.41, 5.74) is 5.18. The number of hydrogen-bond acceptors (Lipinski definition) is 5. The van der Waals surface area contributed by atoms with E-state index in [1.165, 1.54) is 10.8 Å². The van der Waals surface area contributed by atoms with E-state index in [-0.39, 0.29) is 17.3 Å². The maximum atomic E-state index is 13.1. The number of pyridine rings is 1. The van der Waals surface area contributed by atoms with Gasteiger partial charge < -0.3 is 10.0 Å². The number of aromatic nitrogens is 1. The first-order valence-electron chi connectivity index (χ1n) is 9.70. The third kappa shape index (κ3) is 4.41. The van der Waals surface area contributed by atoms with Crippen molar-refractivity contribution in [3.8, 4) is 11.6 Å². The molecule has 30 heavy (non-hydrogen) atoms. The molecule has 0 aliphatic heterocycles. The van der Waals surface area contributed by atoms with Gasteiger partial charge >= 0.3 is 0 Å². The minimum Gasteiger partial charge on any atom is -0.494 e. The highest BCUT2D eigenvalue weighted by Gasteiger charge is 2.16. The van der Waals surface area contributed by atoms with Gasteiger partial charge in [0.05, 0.1) is 17.5 Å². The Balaban J connectivity index is 2.08. The van der Waals surface area contributed by atoms with Gasteiger partial charge in [-0.2, -0.15) is 5.10 Å². The van der Waals surface area contributed by atoms with Crippen LogP contribution in [-0.2, 0) is 4.79 Å². The first-order valence-corrected chi connectivity index (χ1v) is 9.70. The lowest BCUT2D eigenvalue weighted by Crippen LogP contribution is -2.24. The molecule has 1 amide bonds. The van der Waals surface area contributed by atoms with Crippen molar-refractivity contribution in [1.29, 1.82) is 0 Å². The van der Waals surface area contributed by atoms with E-state index in [1.807, 2.05) is 45.0 Å². The summed E-state index contributed by atoms with van der Waals surface area (Å²) in [4.78, 5) is 26.9. The molecule has 2 N–H and O–H groups in total. The van der Waals surface area contributed by atoms with Crippen LogP contribution in [0.3, 0.4) is 0 Å². The molecule has 1 aromatic heterocycles. The second-order valence-electron chi connectivity index (χ2n) is 7.54. The first-order chi connectivity index (χ1) is 14.3. The average Bonchev–Trinajstić information content (AvgIpc) is 2.71. The molecule has 0 saturated carbocycles. The number of aromatic hydroxyl groups is 1. The number of carbonyl (C=O) groups is 1. The minimum atomic E-state index is -0.321. The van der Waals surface area contributed by atoms with E-state index in [0.717, 1.165) is 11.1 Å². The molecule has 7 nitrogen and oxygen atoms in total. The van der Waals surface area contributed by atoms with E-state index in [2.05, 4.69) is 10.5 Å². The second kappa shape index (κ2) is 8.92. The second-order valence-corrected chi connectivity index (χ2v) is 7.54. The third-order valence-electron chi connectivity index (χ3n) is 5.02. The number of nitrogens with zero attached hydrogens (tertiary/aromatic N) is 3. The van der Waals surface area contributed by atoms with Gasteiger partial charge in [-0.3, -0.25) is 9.59 Å². The Morgan fingerprint density at radius 3 is 2.50 bits per heavy atom. The summed E-state index contributed by atoms with van der Waals surface area (Å²) >= 11 is 0. The number of hydrazone groups is 1. The maximum absolute atomic E-state index is 13.1. The van der Waals surface area contributed by atoms with Crippen LogP contribution in [-0.4, -0.2) is 47.3 Å². The Kier molecular flexibility index (Phi) is 6.32. The summed E-state index contributed by atoms with van der Waals surface area (Å²) in [5, 5.41) is 16.0. The van der Waals surface area contributed by atoms with Crippen LogP contribution in [0, 0.1) is 13.8 Å². The molecule has 0 saturated heterocycles. The smallest absolute Gasteiger partial charge is 0.265 e. The molecule has 1 heterocycles. The van der Waals surface area contributed by atoms with Gasteiger partial charge in [-0.25, -0.2) is 9.99 Å². The van der Waals surface area contributed by atoms with Crippen LogP contribution in [0.2, 0.25) is 0 Å². The van der Waals surface area contributed by atoms with Gasteiger partial charge in [-0.1, -0.05) is 24.3 Å². The fraction of sp³-hybridized carbons (Fsp3) is 0.261. The average molecular weight is 406 g/mol. The number of fused-ring (bicyclic) bond motifs is 1. The maximum Gasteiger partial charge on any atom is 0.265 e. The zero-order chi connectivity index (χ0) is 21.8. The van der Waals surface area contributed by atoms with E-state index in [4.69, 9.17) is 0 Å². The monoisotopic (exact) mass is 406 g/mol. The molecule has 0 atom stereocenters. The molecule has 0 bridgehead atoms. The molecule has 0 aliphatic carbocycles. The fourth-order valence-corrected chi connectivity index (χ4v) is 3.14. The Bertz CT molecular complexity index is 1180. The van der Waals surface area contributed by atoms with E-state index >= 15 is 0 Å². The SMILES string of the molecule is Cc1ccc(-n2c(O)c(/C=N/NC(=O)CCN(C)C)c3ccccc3c2=O)cc1C. The Morgan fingerprint density at radius 1 is 1.13 bits per heavy atom. The van der Waals surface area contributed by atoms with Gasteiger partial charge in [0, 0.05) is 23.7 Å². The van der Waals surface area contributed by atoms with Gasteiger partial charge in [0.15, 0.2) is 0 Å². The number of carbonyl (C=O) groups excluding carboxylic acids is 1. The molecule has 0 aliphatic rings. The zero-order valence-corrected chi connectivity index (χ0v) is 17.6. The van der Waals surface area contributed by atoms with Gasteiger partial charge in [0.1, 0.15) is 0 Å². The topological polar surface area (TPSA) is 86.9 Å². The standard InChI is InChI=1S/C23H26N4O3/c1-15-9-10-17(13-16(15)2)27-22(29)19-8-6-5-7-18(19)20(23(27)30)14-24-25-21(28)11-12-26(3)4/h5-10,13-14,30H,11-12H2,1-4H3,(H,25,28)/b24-14+. The predicted octanol–water partition coefficient (Wildman–Crippen LogP) is 2.71. The van der Waals surface area contributed by atoms with E-state index in [9.17, 15) is 14.7 Å². The molecule has 156 valence electrons. The minimum absolute atomic E-state index is 0.228. The molecule has 0 fully saturated rings. The van der Waals surface area contributed by atoms with Crippen molar-refractivity contribution in [2.24, 2.45) is 5.10 Å². The Morgan fingerprint density at radius 2 is 1.83 bits per heavy atom. The van der Waals surface area contributed by atoms with Crippen LogP contribution in [0.15, 0.2) is 52.4 Å². The van der Waals surface area contributed by atoms with Crippen molar-refractivity contribution in [2.75, 3.05) is 20.6 Å². The molecular weight excluding hydrogens is 380 g/mol. The van der Waals surface area contributed by atoms with Gasteiger partial charge in [0.25, 0.3) is 5.56 Å². The summed E-state index contributed by atoms with van der Waals surface area (Å²) < 4.78 is 1.27. The summed E-state index contributed by atoms with van der Waals surface area (Å²) in [7, 11) is 3.77. The van der Waals surface area contributed by atoms with Crippen LogP contribution in [0.1, 0.15) is 23.1 Å². The number of hydrogen-bond donors (Lipinski definition) is 2. The van der Waals surface area contributed by atoms with Crippen molar-refractivity contribution in [3.63, 3.8) is 0 Å². The number of nitrogens with one attached hydrogen (secondary N) is 1. The molecule has 0 spiro atoms. The summed E-state index contributed by atoms with van der Waals surface area (Å²) in [6.07, 6.45) is 1.68. The highest BCUT2D eigenvalue weighted by atomic mass is 16.3. The lowest BCUT2D eigenvalue weighted by molar-refractivity contribution is -0.121. The number of amides is 1. The third-order valence-corrected chi connectivity index (χ3v) is 5.02. The van der Waals surface area contributed by atoms with Gasteiger partial charge in [-0.15, -0.1) is 0 Å². The van der Waals surface area contributed by atoms with Crippen molar-refractivity contribution < 1.29 is 9.90 Å². The quantitative estimate of drug-likeness (QED) is 0.487. The lowest BCUT2D eigenvalue weighted by atomic mass is 10.1. The van der Waals surface area contributed by atoms with Crippen molar-refractivity contribution in [2.45, 2.75) is 20.3 Å². The highest BCUT2D eigenvalue weighted by molar-refractivity contribution is 6.02. The summed E-state index contributed by atoms with van der Waals surface area (Å²) in [6, 6.07) is 12.6. The molecule has 2 aromatic carbocycles. The largest absolute Gasteiger partial charge is 0.494 e. The molecule has 0 radical (unpaired) electrons. The predicted molar refractivity (Wildman–Crippen MR) is 120 cm³/mol. The van der Waals surface area contributed by atoms with Crippen LogP contribution < -0.4 is 11.0 Å². The van der Waals surface area contributed by atoms with Crippen LogP contribution >= 0.6 is 0 Å². The van der Waals surface area contributed by atoms with Gasteiger partial charge in [-0.05, 0) is 57.3 Å². The molecule has 3 aromatic rings. The highest BCUT2D eigenvalue weighted by Crippen LogP contribution is 2.26. The van der Waals surface area contributed by atoms with E-state index in [1.54, 1.807) is 30.3 Å². The van der Waals surface area contributed by atoms with Crippen molar-refractivity contribution >= 4 is 22.9 Å². The normalized spacial score (nSPS) is 11.5. The molecular formula is C23H26N4O3. The number of aryl methyl sites for hydroxylation is 2. The van der Waals surface area contributed by atoms with Crippen LogP contribution in [0.4, 0.5) is 0 Å². The first kappa shape index (κ1) is 21.3. The Labute approximate surface area is 175 Å². The molecule has 0 unspecified atom stereocenters. The van der Waals surface area contributed by atoms with E-state index < -0.39 is 0 Å². The van der Waals surface area contributed by atoms with E-state index in [0.29, 0.717) is 35.0 Å². The molecule has 7 heteroatoms. The van der Waals surface area contributed by atoms with Crippen LogP contribution in [0.5, 0.6) is 5.88 Å². The Hall–Kier alpha value is -3.45. The van der Waals surface area contributed by atoms with Crippen LogP contribution in [0.25, 0.3) is 16.5 Å². The fourth-order valence-electron chi connectivity index (χ4n) is 3.14. The number of rotatable bonds is 6. The molecule has 3 rings (SSSR count). The lowest BCUT2D eigenvalue weighted by Gasteiger charge is -2.14. The number of benzene rings is 2. The van der Waals surface area contributed by atoms with Crippen molar-refractivity contribution in [3.05, 3.63) is 69.5 Å². The van der Waals surface area contributed by atoms with Crippen molar-refractivity contribution in [1.82, 2.24) is 14.9 Å². The summed E-state index contributed by atoms with van der Waals surface area (Å²) in [5.74, 6) is -0.459. The van der Waals surface area contributed by atoms with Gasteiger partial charge in [0.2, 0.25) is 11.8 Å². The zero-order valence-electron chi connectivity index (χ0n) is 17.6.